The number of fused-ring (bicyclic) bond motifs is 2. The molecule has 2 atom stereocenters. The molecule has 3 amide bonds. The van der Waals surface area contributed by atoms with Gasteiger partial charge in [0.15, 0.2) is 0 Å². The minimum absolute atomic E-state index is 0.0179. The number of carboxylic acid groups (broad SMARTS) is 1. The summed E-state index contributed by atoms with van der Waals surface area (Å²) in [6.07, 6.45) is -4.85. The molecule has 17 heteroatoms. The van der Waals surface area contributed by atoms with E-state index in [-0.39, 0.29) is 48.3 Å². The summed E-state index contributed by atoms with van der Waals surface area (Å²) in [4.78, 5) is 53.2. The van der Waals surface area contributed by atoms with Crippen LogP contribution < -0.4 is 22.0 Å². The molecule has 0 bridgehead atoms. The number of nitrogens with two attached hydrogens (primary N) is 1. The monoisotopic (exact) mass is 665 g/mol. The van der Waals surface area contributed by atoms with E-state index in [1.807, 2.05) is 0 Å². The minimum atomic E-state index is -4.70. The van der Waals surface area contributed by atoms with Crippen LogP contribution >= 0.6 is 0 Å². The van der Waals surface area contributed by atoms with Crippen molar-refractivity contribution in [2.24, 2.45) is 5.73 Å². The number of primary amides is 1. The van der Waals surface area contributed by atoms with Crippen molar-refractivity contribution in [3.05, 3.63) is 81.9 Å². The molecule has 1 fully saturated rings. The first-order valence-corrected chi connectivity index (χ1v) is 15.0. The van der Waals surface area contributed by atoms with Crippen LogP contribution in [-0.2, 0) is 38.3 Å². The average molecular weight is 665 g/mol. The summed E-state index contributed by atoms with van der Waals surface area (Å²) in [5.41, 5.74) is 6.87. The van der Waals surface area contributed by atoms with Crippen molar-refractivity contribution >= 4 is 48.9 Å². The lowest BCUT2D eigenvalue weighted by atomic mass is 9.74. The Kier molecular flexibility index (Phi) is 8.80. The topological polar surface area (TPSA) is 189 Å². The summed E-state index contributed by atoms with van der Waals surface area (Å²) < 4.78 is 51.0. The van der Waals surface area contributed by atoms with Crippen molar-refractivity contribution in [1.29, 1.82) is 0 Å². The quantitative estimate of drug-likeness (QED) is 0.217. The van der Waals surface area contributed by atoms with Crippen LogP contribution in [0.15, 0.2) is 48.5 Å². The van der Waals surface area contributed by atoms with Crippen LogP contribution in [0.5, 0.6) is 0 Å². The van der Waals surface area contributed by atoms with Gasteiger partial charge in [-0.25, -0.2) is 0 Å². The number of nitrogens with zero attached hydrogens (tertiary/aromatic N) is 1. The number of likely N-dealkylation sites (tertiary alicyclic amines) is 1. The maximum absolute atomic E-state index is 14.4. The Bertz CT molecular complexity index is 1840. The SMILES string of the molecule is NC(=O)c1cc2c(c(-c3cc4c(cc3C(=O)N3CCC[C@H]3C(=O)N[C@@H](CC(=O)O)c3cccc(C(F)(F)F)c3)B(O)OC4)c1)COB2O. The third-order valence-electron chi connectivity index (χ3n) is 8.81. The van der Waals surface area contributed by atoms with Crippen molar-refractivity contribution in [3.8, 4) is 11.1 Å². The number of carbonyl (C=O) groups excluding carboxylic acids is 3. The molecule has 3 heterocycles. The van der Waals surface area contributed by atoms with Gasteiger partial charge in [-0.05, 0) is 88.0 Å². The van der Waals surface area contributed by atoms with Gasteiger partial charge < -0.3 is 40.4 Å². The molecule has 3 aliphatic heterocycles. The van der Waals surface area contributed by atoms with Crippen molar-refractivity contribution in [3.63, 3.8) is 0 Å². The molecular weight excluding hydrogens is 637 g/mol. The van der Waals surface area contributed by atoms with E-state index in [9.17, 15) is 47.5 Å². The smallest absolute Gasteiger partial charge is 0.481 e. The van der Waals surface area contributed by atoms with Gasteiger partial charge >= 0.3 is 26.4 Å². The lowest BCUT2D eigenvalue weighted by molar-refractivity contribution is -0.138. The van der Waals surface area contributed by atoms with Gasteiger partial charge in [0.05, 0.1) is 31.2 Å². The Morgan fingerprint density at radius 1 is 1.00 bits per heavy atom. The second-order valence-electron chi connectivity index (χ2n) is 11.8. The van der Waals surface area contributed by atoms with Gasteiger partial charge in [-0.1, -0.05) is 12.1 Å². The van der Waals surface area contributed by atoms with Gasteiger partial charge in [-0.2, -0.15) is 13.2 Å². The number of aliphatic carboxylic acids is 1. The van der Waals surface area contributed by atoms with Crippen LogP contribution in [-0.4, -0.2) is 70.6 Å². The third-order valence-corrected chi connectivity index (χ3v) is 8.81. The molecule has 0 aliphatic carbocycles. The van der Waals surface area contributed by atoms with E-state index in [1.54, 1.807) is 6.07 Å². The summed E-state index contributed by atoms with van der Waals surface area (Å²) in [5, 5.41) is 32.9. The zero-order valence-electron chi connectivity index (χ0n) is 25.1. The molecule has 6 rings (SSSR count). The van der Waals surface area contributed by atoms with E-state index in [4.69, 9.17) is 15.0 Å². The fourth-order valence-corrected chi connectivity index (χ4v) is 6.45. The normalized spacial score (nSPS) is 17.7. The second-order valence-corrected chi connectivity index (χ2v) is 11.8. The molecule has 48 heavy (non-hydrogen) atoms. The van der Waals surface area contributed by atoms with Crippen molar-refractivity contribution in [1.82, 2.24) is 10.2 Å². The Hall–Kier alpha value is -4.70. The Balaban J connectivity index is 1.37. The first-order chi connectivity index (χ1) is 22.7. The standard InChI is InChI=1S/C31H28B2F3N3O9/c34-31(35,36)18-4-1-3-15(7-18)25(12-27(40)41)38-29(43)26-5-2-6-39(26)30(44)21-11-23-17(13-47-32(23)45)9-19(21)20-8-16(28(37)42)10-24-22(20)14-48-33(24)46/h1,3-4,7-11,25-26,45-46H,2,5-6,12-14H2,(H2,37,42)(H,38,43)(H,40,41)/t25-,26-/m0/s1. The highest BCUT2D eigenvalue weighted by atomic mass is 19.4. The van der Waals surface area contributed by atoms with Crippen LogP contribution in [0.2, 0.25) is 0 Å². The Morgan fingerprint density at radius 2 is 1.73 bits per heavy atom. The highest BCUT2D eigenvalue weighted by Gasteiger charge is 2.40. The molecule has 0 unspecified atom stereocenters. The lowest BCUT2D eigenvalue weighted by Crippen LogP contribution is -2.47. The first kappa shape index (κ1) is 33.2. The maximum Gasteiger partial charge on any atom is 0.491 e. The maximum atomic E-state index is 14.4. The zero-order chi connectivity index (χ0) is 34.5. The number of hydrogen-bond acceptors (Lipinski definition) is 8. The molecule has 0 radical (unpaired) electrons. The van der Waals surface area contributed by atoms with Gasteiger partial charge in [-0.15, -0.1) is 0 Å². The number of carboxylic acids is 1. The predicted molar refractivity (Wildman–Crippen MR) is 164 cm³/mol. The largest absolute Gasteiger partial charge is 0.491 e. The average Bonchev–Trinajstić information content (AvgIpc) is 3.78. The lowest BCUT2D eigenvalue weighted by Gasteiger charge is -2.28. The molecule has 0 spiro atoms. The van der Waals surface area contributed by atoms with E-state index < -0.39 is 68.2 Å². The van der Waals surface area contributed by atoms with E-state index in [1.165, 1.54) is 29.2 Å². The van der Waals surface area contributed by atoms with Crippen LogP contribution in [0.4, 0.5) is 13.2 Å². The zero-order valence-corrected chi connectivity index (χ0v) is 25.1. The summed E-state index contributed by atoms with van der Waals surface area (Å²) >= 11 is 0. The molecule has 1 saturated heterocycles. The molecule has 3 aliphatic rings. The van der Waals surface area contributed by atoms with Crippen molar-refractivity contribution in [2.75, 3.05) is 6.54 Å². The number of rotatable bonds is 8. The van der Waals surface area contributed by atoms with Gasteiger partial charge in [0, 0.05) is 17.7 Å². The fourth-order valence-electron chi connectivity index (χ4n) is 6.45. The number of halogens is 3. The van der Waals surface area contributed by atoms with Crippen LogP contribution in [0.1, 0.15) is 68.3 Å². The molecule has 6 N–H and O–H groups in total. The minimum Gasteiger partial charge on any atom is -0.481 e. The second kappa shape index (κ2) is 12.7. The Morgan fingerprint density at radius 3 is 2.44 bits per heavy atom. The van der Waals surface area contributed by atoms with E-state index >= 15 is 0 Å². The number of amides is 3. The summed E-state index contributed by atoms with van der Waals surface area (Å²) in [7, 11) is -2.69. The fraction of sp³-hybridized carbons (Fsp3) is 0.290. The number of benzene rings is 3. The highest BCUT2D eigenvalue weighted by molar-refractivity contribution is 6.62. The molecule has 3 aromatic rings. The predicted octanol–water partition coefficient (Wildman–Crippen LogP) is 0.843. The van der Waals surface area contributed by atoms with Crippen LogP contribution in [0, 0.1) is 0 Å². The number of nitrogens with one attached hydrogen (secondary N) is 1. The number of alkyl halides is 3. The molecular formula is C31H28B2F3N3O9. The third kappa shape index (κ3) is 6.29. The first-order valence-electron chi connectivity index (χ1n) is 15.0. The van der Waals surface area contributed by atoms with Gasteiger partial charge in [0.2, 0.25) is 11.8 Å². The van der Waals surface area contributed by atoms with Gasteiger partial charge in [0.25, 0.3) is 5.91 Å². The number of carbonyl (C=O) groups is 4. The summed E-state index contributed by atoms with van der Waals surface area (Å²) in [5.74, 6) is -3.56. The molecule has 0 saturated carbocycles. The molecule has 3 aromatic carbocycles. The van der Waals surface area contributed by atoms with E-state index in [0.717, 1.165) is 18.2 Å². The van der Waals surface area contributed by atoms with Crippen molar-refractivity contribution in [2.45, 2.75) is 50.7 Å². The summed E-state index contributed by atoms with van der Waals surface area (Å²) in [6.45, 7) is 0.0783. The van der Waals surface area contributed by atoms with E-state index in [0.29, 0.717) is 34.1 Å². The molecule has 12 nitrogen and oxygen atoms in total. The van der Waals surface area contributed by atoms with E-state index in [2.05, 4.69) is 5.32 Å². The van der Waals surface area contributed by atoms with Crippen LogP contribution in [0.25, 0.3) is 11.1 Å². The van der Waals surface area contributed by atoms with Crippen molar-refractivity contribution < 1.29 is 56.8 Å². The summed E-state index contributed by atoms with van der Waals surface area (Å²) in [6, 6.07) is 7.47. The Labute approximate surface area is 271 Å². The molecule has 0 aromatic heterocycles. The van der Waals surface area contributed by atoms with Gasteiger partial charge in [-0.3, -0.25) is 19.2 Å². The number of hydrogen-bond donors (Lipinski definition) is 5. The van der Waals surface area contributed by atoms with Gasteiger partial charge in [0.1, 0.15) is 6.04 Å². The molecule has 248 valence electrons. The highest BCUT2D eigenvalue weighted by Crippen LogP contribution is 2.35. The van der Waals surface area contributed by atoms with Crippen LogP contribution in [0.3, 0.4) is 0 Å².